The van der Waals surface area contributed by atoms with Crippen LogP contribution in [0.15, 0.2) is 18.2 Å². The molecule has 1 aromatic rings. The number of benzene rings is 1. The van der Waals surface area contributed by atoms with Crippen molar-refractivity contribution >= 4 is 27.6 Å². The van der Waals surface area contributed by atoms with Crippen molar-refractivity contribution in [2.45, 2.75) is 21.7 Å². The molecule has 0 heterocycles. The van der Waals surface area contributed by atoms with Gasteiger partial charge in [-0.1, -0.05) is 0 Å². The Balaban J connectivity index is 3.14. The van der Waals surface area contributed by atoms with Gasteiger partial charge in [0.2, 0.25) is 0 Å². The Morgan fingerprint density at radius 1 is 1.17 bits per heavy atom. The molecule has 12 heavy (non-hydrogen) atoms. The fourth-order valence-electron chi connectivity index (χ4n) is 1.11. The van der Waals surface area contributed by atoms with Gasteiger partial charge in [-0.15, -0.1) is 0 Å². The monoisotopic (exact) mass is 271 g/mol. The van der Waals surface area contributed by atoms with Crippen LogP contribution in [0, 0.1) is 6.92 Å². The van der Waals surface area contributed by atoms with Crippen molar-refractivity contribution < 1.29 is 0 Å². The average molecular weight is 270 g/mol. The van der Waals surface area contributed by atoms with Crippen LogP contribution in [0.2, 0.25) is 14.8 Å². The Hall–Kier alpha value is -0.181. The molecule has 0 aromatic heterocycles. The van der Waals surface area contributed by atoms with Gasteiger partial charge in [0.1, 0.15) is 0 Å². The number of hydrogen-bond acceptors (Lipinski definition) is 1. The summed E-state index contributed by atoms with van der Waals surface area (Å²) in [6.45, 7) is 2.05. The molecule has 2 heteroatoms. The van der Waals surface area contributed by atoms with Gasteiger partial charge < -0.3 is 0 Å². The molecule has 2 N–H and O–H groups in total. The molecular formula is C10H17NSn. The second-order valence-corrected chi connectivity index (χ2v) is 18.8. The van der Waals surface area contributed by atoms with Gasteiger partial charge in [-0.2, -0.15) is 0 Å². The summed E-state index contributed by atoms with van der Waals surface area (Å²) in [6, 6.07) is 6.53. The van der Waals surface area contributed by atoms with Crippen molar-refractivity contribution in [3.05, 3.63) is 23.8 Å². The summed E-state index contributed by atoms with van der Waals surface area (Å²) in [7, 11) is 0. The van der Waals surface area contributed by atoms with Crippen molar-refractivity contribution in [2.75, 3.05) is 5.73 Å². The molecular weight excluding hydrogens is 253 g/mol. The van der Waals surface area contributed by atoms with Crippen molar-refractivity contribution in [2.24, 2.45) is 0 Å². The van der Waals surface area contributed by atoms with Gasteiger partial charge in [0, 0.05) is 0 Å². The molecule has 0 atom stereocenters. The van der Waals surface area contributed by atoms with E-state index in [-0.39, 0.29) is 0 Å². The third-order valence-corrected chi connectivity index (χ3v) is 7.98. The molecule has 0 aliphatic heterocycles. The van der Waals surface area contributed by atoms with Gasteiger partial charge in [0.15, 0.2) is 0 Å². The Morgan fingerprint density at radius 3 is 2.17 bits per heavy atom. The molecule has 0 saturated heterocycles. The zero-order valence-electron chi connectivity index (χ0n) is 8.31. The molecule has 66 valence electrons. The fraction of sp³-hybridized carbons (Fsp3) is 0.400. The van der Waals surface area contributed by atoms with E-state index < -0.39 is 18.4 Å². The van der Waals surface area contributed by atoms with Gasteiger partial charge in [-0.05, 0) is 0 Å². The maximum atomic E-state index is 5.85. The van der Waals surface area contributed by atoms with Crippen LogP contribution >= 0.6 is 0 Å². The zero-order chi connectivity index (χ0) is 9.35. The molecule has 0 radical (unpaired) electrons. The molecule has 0 fully saturated rings. The molecule has 0 aliphatic rings. The Labute approximate surface area is 78.8 Å². The van der Waals surface area contributed by atoms with Crippen LogP contribution in [0.1, 0.15) is 5.56 Å². The number of nitrogen functional groups attached to an aromatic ring is 1. The first-order chi connectivity index (χ1) is 5.41. The molecule has 0 amide bonds. The summed E-state index contributed by atoms with van der Waals surface area (Å²) >= 11 is -1.87. The van der Waals surface area contributed by atoms with Crippen molar-refractivity contribution in [3.63, 3.8) is 0 Å². The summed E-state index contributed by atoms with van der Waals surface area (Å²) in [5, 5.41) is 0. The Bertz CT molecular complexity index is 286. The van der Waals surface area contributed by atoms with E-state index in [2.05, 4.69) is 39.9 Å². The van der Waals surface area contributed by atoms with Gasteiger partial charge in [-0.3, -0.25) is 0 Å². The third-order valence-electron chi connectivity index (χ3n) is 2.15. The molecule has 0 saturated carbocycles. The van der Waals surface area contributed by atoms with Crippen molar-refractivity contribution in [3.8, 4) is 0 Å². The maximum absolute atomic E-state index is 5.85. The van der Waals surface area contributed by atoms with Crippen LogP contribution in [0.3, 0.4) is 0 Å². The van der Waals surface area contributed by atoms with E-state index in [0.717, 1.165) is 5.69 Å². The molecule has 0 unspecified atom stereocenters. The first-order valence-corrected chi connectivity index (χ1v) is 14.3. The van der Waals surface area contributed by atoms with Gasteiger partial charge in [0.05, 0.1) is 0 Å². The summed E-state index contributed by atoms with van der Waals surface area (Å²) in [6.07, 6.45) is 0. The first kappa shape index (κ1) is 9.90. The predicted molar refractivity (Wildman–Crippen MR) is 58.6 cm³/mol. The summed E-state index contributed by atoms with van der Waals surface area (Å²) in [5.74, 6) is 0. The minimum atomic E-state index is -1.87. The number of nitrogens with two attached hydrogens (primary N) is 1. The molecule has 1 nitrogen and oxygen atoms in total. The van der Waals surface area contributed by atoms with E-state index in [9.17, 15) is 0 Å². The Morgan fingerprint density at radius 2 is 1.75 bits per heavy atom. The van der Waals surface area contributed by atoms with Crippen LogP contribution in [0.4, 0.5) is 5.69 Å². The molecule has 1 aromatic carbocycles. The molecule has 1 rings (SSSR count). The zero-order valence-corrected chi connectivity index (χ0v) is 11.2. The average Bonchev–Trinajstić information content (AvgIpc) is 1.92. The van der Waals surface area contributed by atoms with Gasteiger partial charge in [0.25, 0.3) is 0 Å². The van der Waals surface area contributed by atoms with Crippen LogP contribution in [-0.4, -0.2) is 18.4 Å². The van der Waals surface area contributed by atoms with E-state index >= 15 is 0 Å². The van der Waals surface area contributed by atoms with Gasteiger partial charge >= 0.3 is 78.9 Å². The summed E-state index contributed by atoms with van der Waals surface area (Å²) < 4.78 is 1.51. The standard InChI is InChI=1S/C7H8N.3CH3.Sn/c1-6-4-2-3-5-7(6)8;;;;/h2,4-5H,8H2,1H3;3*1H3;. The fourth-order valence-corrected chi connectivity index (χ4v) is 4.45. The number of anilines is 1. The number of aryl methyl sites for hydroxylation is 1. The van der Waals surface area contributed by atoms with Crippen molar-refractivity contribution in [1.29, 1.82) is 0 Å². The van der Waals surface area contributed by atoms with Crippen LogP contribution in [0.5, 0.6) is 0 Å². The second kappa shape index (κ2) is 3.28. The predicted octanol–water partition coefficient (Wildman–Crippen LogP) is 2.12. The molecule has 0 spiro atoms. The number of rotatable bonds is 1. The molecule has 0 aliphatic carbocycles. The molecule has 0 bridgehead atoms. The third kappa shape index (κ3) is 2.16. The van der Waals surface area contributed by atoms with Gasteiger partial charge in [-0.25, -0.2) is 0 Å². The van der Waals surface area contributed by atoms with Crippen LogP contribution in [-0.2, 0) is 0 Å². The van der Waals surface area contributed by atoms with E-state index in [0.29, 0.717) is 0 Å². The van der Waals surface area contributed by atoms with Crippen molar-refractivity contribution in [1.82, 2.24) is 0 Å². The van der Waals surface area contributed by atoms with Crippen LogP contribution in [0.25, 0.3) is 0 Å². The summed E-state index contributed by atoms with van der Waals surface area (Å²) in [5.41, 5.74) is 7.98. The van der Waals surface area contributed by atoms with E-state index in [1.54, 1.807) is 0 Å². The quantitative estimate of drug-likeness (QED) is 0.614. The number of hydrogen-bond donors (Lipinski definition) is 1. The summed E-state index contributed by atoms with van der Waals surface area (Å²) in [4.78, 5) is 7.20. The minimum absolute atomic E-state index is 0.944. The topological polar surface area (TPSA) is 26.0 Å². The van der Waals surface area contributed by atoms with E-state index in [4.69, 9.17) is 5.73 Å². The van der Waals surface area contributed by atoms with Crippen LogP contribution < -0.4 is 9.31 Å². The van der Waals surface area contributed by atoms with E-state index in [1.807, 2.05) is 0 Å². The Kier molecular flexibility index (Phi) is 2.71. The second-order valence-electron chi connectivity index (χ2n) is 4.32. The SMILES string of the molecule is Cc1cc[c]([Sn]([CH3])([CH3])[CH3])cc1N. The normalized spacial score (nSPS) is 11.7. The van der Waals surface area contributed by atoms with E-state index in [1.165, 1.54) is 9.14 Å². The first-order valence-electron chi connectivity index (χ1n) is 4.28.